The summed E-state index contributed by atoms with van der Waals surface area (Å²) in [5, 5.41) is 2.58. The van der Waals surface area contributed by atoms with Gasteiger partial charge in [0.15, 0.2) is 0 Å². The number of amides is 1. The molecule has 0 aliphatic rings. The first-order valence-corrected chi connectivity index (χ1v) is 5.58. The molecule has 5 heteroatoms. The number of esters is 1. The maximum atomic E-state index is 11.6. The molecule has 0 aromatic heterocycles. The number of ether oxygens (including phenoxy) is 1. The maximum Gasteiger partial charge on any atom is 0.340 e. The second kappa shape index (κ2) is 5.65. The van der Waals surface area contributed by atoms with Crippen LogP contribution in [0.2, 0.25) is 0 Å². The molecule has 0 heterocycles. The SMILES string of the molecule is CCOC(=O)c1cc(Br)ccc1NC(C)=O. The first-order valence-electron chi connectivity index (χ1n) is 4.79. The molecular weight excluding hydrogens is 274 g/mol. The van der Waals surface area contributed by atoms with E-state index in [0.29, 0.717) is 17.9 Å². The van der Waals surface area contributed by atoms with Gasteiger partial charge in [-0.3, -0.25) is 4.79 Å². The summed E-state index contributed by atoms with van der Waals surface area (Å²) in [5.41, 5.74) is 0.792. The average molecular weight is 286 g/mol. The lowest BCUT2D eigenvalue weighted by molar-refractivity contribution is -0.114. The van der Waals surface area contributed by atoms with Crippen LogP contribution < -0.4 is 5.32 Å². The van der Waals surface area contributed by atoms with Crippen molar-refractivity contribution in [2.75, 3.05) is 11.9 Å². The highest BCUT2D eigenvalue weighted by atomic mass is 79.9. The summed E-state index contributed by atoms with van der Waals surface area (Å²) in [4.78, 5) is 22.6. The highest BCUT2D eigenvalue weighted by molar-refractivity contribution is 9.10. The Labute approximate surface area is 102 Å². The van der Waals surface area contributed by atoms with Gasteiger partial charge in [0, 0.05) is 11.4 Å². The molecule has 16 heavy (non-hydrogen) atoms. The first-order chi connectivity index (χ1) is 7.54. The van der Waals surface area contributed by atoms with Crippen molar-refractivity contribution >= 4 is 33.5 Å². The summed E-state index contributed by atoms with van der Waals surface area (Å²) in [7, 11) is 0. The van der Waals surface area contributed by atoms with Crippen LogP contribution in [0.5, 0.6) is 0 Å². The fourth-order valence-corrected chi connectivity index (χ4v) is 1.55. The van der Waals surface area contributed by atoms with Gasteiger partial charge in [-0.1, -0.05) is 15.9 Å². The van der Waals surface area contributed by atoms with Crippen LogP contribution in [0.1, 0.15) is 24.2 Å². The molecule has 1 aromatic rings. The Kier molecular flexibility index (Phi) is 4.49. The molecule has 1 aromatic carbocycles. The van der Waals surface area contributed by atoms with E-state index in [4.69, 9.17) is 4.74 Å². The lowest BCUT2D eigenvalue weighted by Crippen LogP contribution is -2.12. The number of rotatable bonds is 3. The highest BCUT2D eigenvalue weighted by Crippen LogP contribution is 2.22. The van der Waals surface area contributed by atoms with Crippen LogP contribution in [-0.4, -0.2) is 18.5 Å². The Morgan fingerprint density at radius 3 is 2.69 bits per heavy atom. The molecule has 0 fully saturated rings. The Morgan fingerprint density at radius 2 is 2.12 bits per heavy atom. The van der Waals surface area contributed by atoms with Crippen LogP contribution in [0.25, 0.3) is 0 Å². The van der Waals surface area contributed by atoms with Crippen LogP contribution in [0, 0.1) is 0 Å². The van der Waals surface area contributed by atoms with Crippen molar-refractivity contribution in [1.82, 2.24) is 0 Å². The van der Waals surface area contributed by atoms with Gasteiger partial charge < -0.3 is 10.1 Å². The molecule has 1 rings (SSSR count). The normalized spacial score (nSPS) is 9.69. The molecule has 86 valence electrons. The number of hydrogen-bond donors (Lipinski definition) is 1. The third kappa shape index (κ3) is 3.34. The molecule has 1 amide bonds. The largest absolute Gasteiger partial charge is 0.462 e. The topological polar surface area (TPSA) is 55.4 Å². The second-order valence-corrected chi connectivity index (χ2v) is 4.01. The molecule has 0 saturated carbocycles. The zero-order valence-electron chi connectivity index (χ0n) is 9.04. The molecule has 0 atom stereocenters. The Morgan fingerprint density at radius 1 is 1.44 bits per heavy atom. The van der Waals surface area contributed by atoms with E-state index in [1.807, 2.05) is 0 Å². The summed E-state index contributed by atoms with van der Waals surface area (Å²) in [6.45, 7) is 3.41. The Balaban J connectivity index is 3.07. The van der Waals surface area contributed by atoms with Crippen molar-refractivity contribution in [2.45, 2.75) is 13.8 Å². The van der Waals surface area contributed by atoms with E-state index in [9.17, 15) is 9.59 Å². The summed E-state index contributed by atoms with van der Waals surface area (Å²) in [6, 6.07) is 5.01. The first kappa shape index (κ1) is 12.7. The predicted octanol–water partition coefficient (Wildman–Crippen LogP) is 2.58. The maximum absolute atomic E-state index is 11.6. The molecule has 0 radical (unpaired) electrons. The van der Waals surface area contributed by atoms with Crippen LogP contribution in [0.4, 0.5) is 5.69 Å². The van der Waals surface area contributed by atoms with Crippen LogP contribution in [0.3, 0.4) is 0 Å². The van der Waals surface area contributed by atoms with Gasteiger partial charge in [0.05, 0.1) is 17.9 Å². The molecular formula is C11H12BrNO3. The van der Waals surface area contributed by atoms with Crippen LogP contribution in [0.15, 0.2) is 22.7 Å². The lowest BCUT2D eigenvalue weighted by atomic mass is 10.2. The molecule has 0 bridgehead atoms. The van der Waals surface area contributed by atoms with Gasteiger partial charge in [-0.25, -0.2) is 4.79 Å². The number of halogens is 1. The van der Waals surface area contributed by atoms with Crippen molar-refractivity contribution in [2.24, 2.45) is 0 Å². The van der Waals surface area contributed by atoms with Gasteiger partial charge in [0.1, 0.15) is 0 Å². The summed E-state index contributed by atoms with van der Waals surface area (Å²) >= 11 is 3.26. The third-order valence-electron chi connectivity index (χ3n) is 1.79. The summed E-state index contributed by atoms with van der Waals surface area (Å²) in [6.07, 6.45) is 0. The van der Waals surface area contributed by atoms with E-state index >= 15 is 0 Å². The van der Waals surface area contributed by atoms with E-state index < -0.39 is 5.97 Å². The fraction of sp³-hybridized carbons (Fsp3) is 0.273. The third-order valence-corrected chi connectivity index (χ3v) is 2.28. The molecule has 0 spiro atoms. The van der Waals surface area contributed by atoms with Gasteiger partial charge in [0.2, 0.25) is 5.91 Å². The quantitative estimate of drug-likeness (QED) is 0.869. The van der Waals surface area contributed by atoms with Gasteiger partial charge in [-0.2, -0.15) is 0 Å². The molecule has 0 aliphatic carbocycles. The molecule has 0 saturated heterocycles. The zero-order valence-corrected chi connectivity index (χ0v) is 10.6. The summed E-state index contributed by atoms with van der Waals surface area (Å²) in [5.74, 6) is -0.680. The number of carbonyl (C=O) groups is 2. The molecule has 1 N–H and O–H groups in total. The lowest BCUT2D eigenvalue weighted by Gasteiger charge is -2.09. The molecule has 0 unspecified atom stereocenters. The van der Waals surface area contributed by atoms with Crippen molar-refractivity contribution in [3.63, 3.8) is 0 Å². The Bertz CT molecular complexity index is 418. The second-order valence-electron chi connectivity index (χ2n) is 3.09. The minimum atomic E-state index is -0.451. The van der Waals surface area contributed by atoms with E-state index in [0.717, 1.165) is 4.47 Å². The zero-order chi connectivity index (χ0) is 12.1. The number of carbonyl (C=O) groups excluding carboxylic acids is 2. The standard InChI is InChI=1S/C11H12BrNO3/c1-3-16-11(15)9-6-8(12)4-5-10(9)13-7(2)14/h4-6H,3H2,1-2H3,(H,13,14). The molecule has 0 aliphatic heterocycles. The monoisotopic (exact) mass is 285 g/mol. The van der Waals surface area contributed by atoms with Crippen LogP contribution >= 0.6 is 15.9 Å². The average Bonchev–Trinajstić information content (AvgIpc) is 2.20. The summed E-state index contributed by atoms with van der Waals surface area (Å²) < 4.78 is 5.65. The smallest absolute Gasteiger partial charge is 0.340 e. The minimum absolute atomic E-state index is 0.229. The number of benzene rings is 1. The number of nitrogens with one attached hydrogen (secondary N) is 1. The number of anilines is 1. The predicted molar refractivity (Wildman–Crippen MR) is 64.4 cm³/mol. The number of hydrogen-bond acceptors (Lipinski definition) is 3. The van der Waals surface area contributed by atoms with E-state index in [2.05, 4.69) is 21.2 Å². The van der Waals surface area contributed by atoms with Gasteiger partial charge in [-0.15, -0.1) is 0 Å². The van der Waals surface area contributed by atoms with Gasteiger partial charge in [0.25, 0.3) is 0 Å². The highest BCUT2D eigenvalue weighted by Gasteiger charge is 2.13. The van der Waals surface area contributed by atoms with E-state index in [-0.39, 0.29) is 5.91 Å². The van der Waals surface area contributed by atoms with Gasteiger partial charge in [-0.05, 0) is 25.1 Å². The minimum Gasteiger partial charge on any atom is -0.462 e. The van der Waals surface area contributed by atoms with Crippen molar-refractivity contribution in [3.8, 4) is 0 Å². The van der Waals surface area contributed by atoms with Crippen molar-refractivity contribution in [3.05, 3.63) is 28.2 Å². The van der Waals surface area contributed by atoms with Crippen molar-refractivity contribution in [1.29, 1.82) is 0 Å². The fourth-order valence-electron chi connectivity index (χ4n) is 1.19. The Hall–Kier alpha value is -1.36. The van der Waals surface area contributed by atoms with E-state index in [1.54, 1.807) is 25.1 Å². The molecule has 4 nitrogen and oxygen atoms in total. The van der Waals surface area contributed by atoms with Gasteiger partial charge >= 0.3 is 5.97 Å². The van der Waals surface area contributed by atoms with Crippen LogP contribution in [-0.2, 0) is 9.53 Å². The van der Waals surface area contributed by atoms with E-state index in [1.165, 1.54) is 6.92 Å². The van der Waals surface area contributed by atoms with Crippen molar-refractivity contribution < 1.29 is 14.3 Å².